The number of rotatable bonds is 4. The van der Waals surface area contributed by atoms with Gasteiger partial charge >= 0.3 is 18.1 Å². The molecule has 0 saturated carbocycles. The number of aryl methyl sites for hydroxylation is 1. The number of ether oxygens (including phenoxy) is 1. The molecular formula is C20H29F3N4O5S. The molecule has 0 bridgehead atoms. The molecule has 3 heterocycles. The molecule has 2 aliphatic heterocycles. The molecule has 0 spiro atoms. The van der Waals surface area contributed by atoms with Crippen LogP contribution in [-0.2, 0) is 14.3 Å². The van der Waals surface area contributed by atoms with E-state index in [4.69, 9.17) is 14.6 Å². The predicted octanol–water partition coefficient (Wildman–Crippen LogP) is 2.61. The van der Waals surface area contributed by atoms with Crippen molar-refractivity contribution in [1.82, 2.24) is 19.4 Å². The molecule has 0 aliphatic carbocycles. The molecule has 0 radical (unpaired) electrons. The van der Waals surface area contributed by atoms with Gasteiger partial charge < -0.3 is 14.7 Å². The third kappa shape index (κ3) is 6.19. The molecule has 2 saturated heterocycles. The number of amides is 1. The maximum Gasteiger partial charge on any atom is 0.490 e. The minimum atomic E-state index is -5.08. The Hall–Kier alpha value is -2.28. The van der Waals surface area contributed by atoms with Gasteiger partial charge in [0.15, 0.2) is 5.69 Å². The highest BCUT2D eigenvalue weighted by Crippen LogP contribution is 2.44. The normalized spacial score (nSPS) is 23.4. The molecule has 1 aromatic rings. The van der Waals surface area contributed by atoms with Gasteiger partial charge in [0.1, 0.15) is 0 Å². The number of alkyl halides is 3. The quantitative estimate of drug-likeness (QED) is 0.636. The lowest BCUT2D eigenvalue weighted by molar-refractivity contribution is -0.192. The van der Waals surface area contributed by atoms with Crippen molar-refractivity contribution in [3.05, 3.63) is 10.6 Å². The molecule has 0 unspecified atom stereocenters. The van der Waals surface area contributed by atoms with Gasteiger partial charge in [-0.05, 0) is 52.1 Å². The van der Waals surface area contributed by atoms with E-state index in [0.29, 0.717) is 38.0 Å². The number of carbonyl (C=O) groups is 3. The fourth-order valence-corrected chi connectivity index (χ4v) is 4.70. The van der Waals surface area contributed by atoms with E-state index in [-0.39, 0.29) is 17.8 Å². The first kappa shape index (κ1) is 27.0. The SMILES string of the molecule is CCOC(=O)[C@]12CCCN(C(=O)c3nnsc3C)C[C@H]1CN(C(C)C)C2.O=C(O)C(F)(F)F. The van der Waals surface area contributed by atoms with Crippen LogP contribution in [0, 0.1) is 18.3 Å². The van der Waals surface area contributed by atoms with Crippen molar-refractivity contribution in [3.8, 4) is 0 Å². The fourth-order valence-electron chi connectivity index (χ4n) is 4.24. The lowest BCUT2D eigenvalue weighted by Gasteiger charge is -2.31. The minimum absolute atomic E-state index is 0.0705. The van der Waals surface area contributed by atoms with Gasteiger partial charge in [0.05, 0.1) is 16.9 Å². The van der Waals surface area contributed by atoms with Crippen LogP contribution < -0.4 is 0 Å². The van der Waals surface area contributed by atoms with Gasteiger partial charge in [-0.25, -0.2) is 4.79 Å². The summed E-state index contributed by atoms with van der Waals surface area (Å²) in [6.07, 6.45) is -3.53. The summed E-state index contributed by atoms with van der Waals surface area (Å²) < 4.78 is 41.1. The number of aliphatic carboxylic acids is 1. The lowest BCUT2D eigenvalue weighted by atomic mass is 9.75. The Morgan fingerprint density at radius 1 is 1.30 bits per heavy atom. The fraction of sp³-hybridized carbons (Fsp3) is 0.750. The van der Waals surface area contributed by atoms with E-state index in [1.165, 1.54) is 11.5 Å². The Balaban J connectivity index is 0.000000479. The molecule has 33 heavy (non-hydrogen) atoms. The van der Waals surface area contributed by atoms with Crippen LogP contribution in [0.5, 0.6) is 0 Å². The number of carboxylic acid groups (broad SMARTS) is 1. The zero-order valence-electron chi connectivity index (χ0n) is 19.0. The van der Waals surface area contributed by atoms with Gasteiger partial charge in [-0.3, -0.25) is 14.5 Å². The molecule has 186 valence electrons. The Morgan fingerprint density at radius 3 is 2.42 bits per heavy atom. The van der Waals surface area contributed by atoms with Crippen molar-refractivity contribution in [2.45, 2.75) is 52.8 Å². The number of halogens is 3. The Morgan fingerprint density at radius 2 is 1.94 bits per heavy atom. The van der Waals surface area contributed by atoms with Crippen molar-refractivity contribution in [2.24, 2.45) is 11.3 Å². The molecule has 13 heteroatoms. The van der Waals surface area contributed by atoms with E-state index in [1.807, 2.05) is 18.7 Å². The van der Waals surface area contributed by atoms with E-state index in [1.54, 1.807) is 0 Å². The summed E-state index contributed by atoms with van der Waals surface area (Å²) in [5, 5.41) is 11.1. The van der Waals surface area contributed by atoms with Crippen LogP contribution in [0.25, 0.3) is 0 Å². The molecular weight excluding hydrogens is 465 g/mol. The Kier molecular flexibility index (Phi) is 8.80. The number of carbonyl (C=O) groups excluding carboxylic acids is 2. The molecule has 2 aliphatic rings. The van der Waals surface area contributed by atoms with E-state index in [9.17, 15) is 22.8 Å². The highest BCUT2D eigenvalue weighted by atomic mass is 32.1. The zero-order valence-corrected chi connectivity index (χ0v) is 19.8. The highest BCUT2D eigenvalue weighted by molar-refractivity contribution is 7.05. The third-order valence-corrected chi connectivity index (χ3v) is 6.64. The smallest absolute Gasteiger partial charge is 0.475 e. The van der Waals surface area contributed by atoms with Gasteiger partial charge in [0.2, 0.25) is 0 Å². The second kappa shape index (κ2) is 10.8. The van der Waals surface area contributed by atoms with Crippen LogP contribution in [0.3, 0.4) is 0 Å². The number of hydrogen-bond acceptors (Lipinski definition) is 8. The monoisotopic (exact) mass is 494 g/mol. The van der Waals surface area contributed by atoms with Crippen LogP contribution >= 0.6 is 11.5 Å². The van der Waals surface area contributed by atoms with Gasteiger partial charge in [-0.2, -0.15) is 13.2 Å². The maximum atomic E-state index is 12.9. The molecule has 1 N–H and O–H groups in total. The predicted molar refractivity (Wildman–Crippen MR) is 113 cm³/mol. The molecule has 2 atom stereocenters. The van der Waals surface area contributed by atoms with Crippen molar-refractivity contribution >= 4 is 29.4 Å². The van der Waals surface area contributed by atoms with E-state index >= 15 is 0 Å². The highest BCUT2D eigenvalue weighted by Gasteiger charge is 2.54. The Bertz CT molecular complexity index is 863. The summed E-state index contributed by atoms with van der Waals surface area (Å²) in [5.74, 6) is -2.84. The molecule has 3 rings (SSSR count). The zero-order chi connectivity index (χ0) is 25.0. The standard InChI is InChI=1S/C18H28N4O3S.C2HF3O2/c1-5-25-17(24)18-7-6-8-21(16(23)15-13(4)26-20-19-15)9-14(18)10-22(11-18)12(2)3;3-2(4,5)1(6)7/h12,14H,5-11H2,1-4H3;(H,6,7)/t14-,18-;/m0./s1. The van der Waals surface area contributed by atoms with Gasteiger partial charge in [0.25, 0.3) is 5.91 Å². The molecule has 2 fully saturated rings. The van der Waals surface area contributed by atoms with Gasteiger partial charge in [-0.1, -0.05) is 4.49 Å². The molecule has 9 nitrogen and oxygen atoms in total. The summed E-state index contributed by atoms with van der Waals surface area (Å²) >= 11 is 1.25. The van der Waals surface area contributed by atoms with Crippen molar-refractivity contribution in [2.75, 3.05) is 32.8 Å². The van der Waals surface area contributed by atoms with Crippen molar-refractivity contribution < 1.29 is 37.4 Å². The second-order valence-electron chi connectivity index (χ2n) is 8.43. The number of fused-ring (bicyclic) bond motifs is 1. The first-order valence-corrected chi connectivity index (χ1v) is 11.4. The average molecular weight is 495 g/mol. The number of nitrogens with zero attached hydrogens (tertiary/aromatic N) is 4. The second-order valence-corrected chi connectivity index (χ2v) is 9.39. The number of carboxylic acids is 1. The van der Waals surface area contributed by atoms with E-state index < -0.39 is 17.6 Å². The number of hydrogen-bond donors (Lipinski definition) is 1. The molecule has 0 aromatic carbocycles. The summed E-state index contributed by atoms with van der Waals surface area (Å²) in [4.78, 5) is 39.8. The molecule has 1 amide bonds. The summed E-state index contributed by atoms with van der Waals surface area (Å²) in [6.45, 7) is 11.2. The summed E-state index contributed by atoms with van der Waals surface area (Å²) in [5.41, 5.74) is -0.0673. The third-order valence-electron chi connectivity index (χ3n) is 6.01. The lowest BCUT2D eigenvalue weighted by Crippen LogP contribution is -2.43. The van der Waals surface area contributed by atoms with Crippen LogP contribution in [0.15, 0.2) is 0 Å². The average Bonchev–Trinajstić information content (AvgIpc) is 3.26. The van der Waals surface area contributed by atoms with Crippen LogP contribution in [0.4, 0.5) is 13.2 Å². The maximum absolute atomic E-state index is 12.9. The van der Waals surface area contributed by atoms with Crippen LogP contribution in [-0.4, -0.2) is 87.3 Å². The van der Waals surface area contributed by atoms with Gasteiger partial charge in [-0.15, -0.1) is 5.10 Å². The summed E-state index contributed by atoms with van der Waals surface area (Å²) in [7, 11) is 0. The number of likely N-dealkylation sites (tertiary alicyclic amines) is 2. The number of aromatic nitrogens is 2. The first-order chi connectivity index (χ1) is 15.3. The largest absolute Gasteiger partial charge is 0.490 e. The van der Waals surface area contributed by atoms with E-state index in [0.717, 1.165) is 24.3 Å². The first-order valence-electron chi connectivity index (χ1n) is 10.6. The van der Waals surface area contributed by atoms with Crippen LogP contribution in [0.2, 0.25) is 0 Å². The van der Waals surface area contributed by atoms with Crippen molar-refractivity contribution in [1.29, 1.82) is 0 Å². The molecule has 1 aromatic heterocycles. The summed E-state index contributed by atoms with van der Waals surface area (Å²) in [6, 6.07) is 0.363. The topological polar surface area (TPSA) is 113 Å². The minimum Gasteiger partial charge on any atom is -0.475 e. The number of esters is 1. The van der Waals surface area contributed by atoms with Crippen molar-refractivity contribution in [3.63, 3.8) is 0 Å². The van der Waals surface area contributed by atoms with E-state index in [2.05, 4.69) is 28.3 Å². The van der Waals surface area contributed by atoms with Crippen LogP contribution in [0.1, 0.15) is 49.0 Å². The van der Waals surface area contributed by atoms with Gasteiger partial charge in [0, 0.05) is 38.1 Å². The Labute approximate surface area is 194 Å².